The minimum Gasteiger partial charge on any atom is -0.493 e. The highest BCUT2D eigenvalue weighted by atomic mass is 16.5. The first-order valence-corrected chi connectivity index (χ1v) is 6.17. The van der Waals surface area contributed by atoms with E-state index in [1.165, 1.54) is 0 Å². The summed E-state index contributed by atoms with van der Waals surface area (Å²) in [6.45, 7) is 4.51. The van der Waals surface area contributed by atoms with Gasteiger partial charge in [0.05, 0.1) is 13.3 Å². The number of rotatable bonds is 2. The van der Waals surface area contributed by atoms with Crippen molar-refractivity contribution in [2.75, 3.05) is 7.11 Å². The third-order valence-electron chi connectivity index (χ3n) is 4.00. The first-order valence-electron chi connectivity index (χ1n) is 6.17. The van der Waals surface area contributed by atoms with Crippen molar-refractivity contribution in [1.29, 1.82) is 0 Å². The average molecular weight is 238 g/mol. The zero-order valence-electron chi connectivity index (χ0n) is 11.2. The van der Waals surface area contributed by atoms with E-state index in [0.717, 1.165) is 31.4 Å². The van der Waals surface area contributed by atoms with Crippen LogP contribution in [0.15, 0.2) is 6.20 Å². The highest BCUT2D eigenvalue weighted by Gasteiger charge is 2.41. The molecule has 1 aliphatic carbocycles. The van der Waals surface area contributed by atoms with Crippen LogP contribution in [0, 0.1) is 5.41 Å². The van der Waals surface area contributed by atoms with Crippen molar-refractivity contribution in [3.05, 3.63) is 11.9 Å². The van der Waals surface area contributed by atoms with Crippen molar-refractivity contribution < 1.29 is 9.84 Å². The van der Waals surface area contributed by atoms with E-state index in [4.69, 9.17) is 4.74 Å². The molecule has 1 fully saturated rings. The van der Waals surface area contributed by atoms with Gasteiger partial charge in [-0.1, -0.05) is 13.8 Å². The molecular formula is C13H22N2O2. The molecule has 0 bridgehead atoms. The predicted molar refractivity (Wildman–Crippen MR) is 65.9 cm³/mol. The van der Waals surface area contributed by atoms with Crippen LogP contribution >= 0.6 is 0 Å². The average Bonchev–Trinajstić information content (AvgIpc) is 2.65. The number of methoxy groups -OCH3 is 1. The highest BCUT2D eigenvalue weighted by molar-refractivity contribution is 5.31. The van der Waals surface area contributed by atoms with Crippen LogP contribution in [0.2, 0.25) is 0 Å². The maximum absolute atomic E-state index is 10.8. The maximum atomic E-state index is 10.8. The molecule has 0 radical (unpaired) electrons. The van der Waals surface area contributed by atoms with Gasteiger partial charge in [-0.05, 0) is 31.1 Å². The number of aliphatic hydroxyl groups is 1. The summed E-state index contributed by atoms with van der Waals surface area (Å²) < 4.78 is 7.03. The molecule has 0 amide bonds. The summed E-state index contributed by atoms with van der Waals surface area (Å²) in [5, 5.41) is 15.0. The fourth-order valence-electron chi connectivity index (χ4n) is 2.67. The van der Waals surface area contributed by atoms with E-state index < -0.39 is 5.60 Å². The molecule has 4 heteroatoms. The fourth-order valence-corrected chi connectivity index (χ4v) is 2.67. The van der Waals surface area contributed by atoms with Gasteiger partial charge >= 0.3 is 0 Å². The van der Waals surface area contributed by atoms with Crippen LogP contribution < -0.4 is 4.74 Å². The van der Waals surface area contributed by atoms with Crippen LogP contribution in [0.1, 0.15) is 45.2 Å². The van der Waals surface area contributed by atoms with Crippen molar-refractivity contribution in [2.45, 2.75) is 45.1 Å². The lowest BCUT2D eigenvalue weighted by atomic mass is 9.70. The first-order chi connectivity index (χ1) is 7.88. The maximum Gasteiger partial charge on any atom is 0.162 e. The molecule has 0 atom stereocenters. The largest absolute Gasteiger partial charge is 0.493 e. The number of ether oxygens (including phenoxy) is 1. The Bertz CT molecular complexity index is 400. The monoisotopic (exact) mass is 238 g/mol. The molecule has 1 N–H and O–H groups in total. The van der Waals surface area contributed by atoms with Gasteiger partial charge < -0.3 is 9.84 Å². The molecular weight excluding hydrogens is 216 g/mol. The van der Waals surface area contributed by atoms with Crippen LogP contribution in [0.4, 0.5) is 0 Å². The lowest BCUT2D eigenvalue weighted by Gasteiger charge is -2.40. The van der Waals surface area contributed by atoms with Gasteiger partial charge in [-0.2, -0.15) is 5.10 Å². The van der Waals surface area contributed by atoms with Gasteiger partial charge in [-0.15, -0.1) is 0 Å². The van der Waals surface area contributed by atoms with Crippen molar-refractivity contribution in [3.63, 3.8) is 0 Å². The van der Waals surface area contributed by atoms with Gasteiger partial charge in [-0.25, -0.2) is 0 Å². The second-order valence-corrected chi connectivity index (χ2v) is 5.88. The molecule has 17 heavy (non-hydrogen) atoms. The van der Waals surface area contributed by atoms with Crippen LogP contribution in [0.5, 0.6) is 5.75 Å². The minimum atomic E-state index is -0.786. The molecule has 2 rings (SSSR count). The summed E-state index contributed by atoms with van der Waals surface area (Å²) in [4.78, 5) is 0. The smallest absolute Gasteiger partial charge is 0.162 e. The number of nitrogens with zero attached hydrogens (tertiary/aromatic N) is 2. The van der Waals surface area contributed by atoms with Gasteiger partial charge in [0.1, 0.15) is 11.3 Å². The van der Waals surface area contributed by atoms with Gasteiger partial charge in [0, 0.05) is 7.05 Å². The molecule has 0 aliphatic heterocycles. The standard InChI is InChI=1S/C13H22N2O2/c1-12(2)5-7-13(16,8-6-12)11-10(17-4)9-14-15(11)3/h9,16H,5-8H2,1-4H3. The lowest BCUT2D eigenvalue weighted by molar-refractivity contribution is -0.0382. The summed E-state index contributed by atoms with van der Waals surface area (Å²) >= 11 is 0. The third-order valence-corrected chi connectivity index (χ3v) is 4.00. The Labute approximate surface area is 103 Å². The number of aromatic nitrogens is 2. The number of hydrogen-bond acceptors (Lipinski definition) is 3. The van der Waals surface area contributed by atoms with E-state index in [2.05, 4.69) is 18.9 Å². The molecule has 1 aromatic rings. The molecule has 0 unspecified atom stereocenters. The van der Waals surface area contributed by atoms with Crippen molar-refractivity contribution in [2.24, 2.45) is 12.5 Å². The SMILES string of the molecule is COc1cnn(C)c1C1(O)CCC(C)(C)CC1. The van der Waals surface area contributed by atoms with E-state index >= 15 is 0 Å². The van der Waals surface area contributed by atoms with E-state index in [9.17, 15) is 5.11 Å². The first kappa shape index (κ1) is 12.4. The quantitative estimate of drug-likeness (QED) is 0.859. The van der Waals surface area contributed by atoms with E-state index in [0.29, 0.717) is 11.2 Å². The molecule has 0 saturated heterocycles. The lowest BCUT2D eigenvalue weighted by Crippen LogP contribution is -2.36. The second kappa shape index (κ2) is 4.02. The van der Waals surface area contributed by atoms with Gasteiger partial charge in [0.2, 0.25) is 0 Å². The molecule has 96 valence electrons. The van der Waals surface area contributed by atoms with Crippen molar-refractivity contribution in [3.8, 4) is 5.75 Å². The zero-order valence-corrected chi connectivity index (χ0v) is 11.2. The summed E-state index contributed by atoms with van der Waals surface area (Å²) in [5.41, 5.74) is 0.361. The fraction of sp³-hybridized carbons (Fsp3) is 0.769. The van der Waals surface area contributed by atoms with Crippen LogP contribution in [-0.4, -0.2) is 22.0 Å². The minimum absolute atomic E-state index is 0.331. The summed E-state index contributed by atoms with van der Waals surface area (Å²) in [7, 11) is 3.48. The molecule has 1 saturated carbocycles. The molecule has 4 nitrogen and oxygen atoms in total. The highest BCUT2D eigenvalue weighted by Crippen LogP contribution is 2.46. The van der Waals surface area contributed by atoms with Crippen molar-refractivity contribution in [1.82, 2.24) is 9.78 Å². The summed E-state index contributed by atoms with van der Waals surface area (Å²) in [5.74, 6) is 0.690. The van der Waals surface area contributed by atoms with Crippen LogP contribution in [0.3, 0.4) is 0 Å². The Morgan fingerprint density at radius 3 is 2.41 bits per heavy atom. The molecule has 0 aromatic carbocycles. The normalized spacial score (nSPS) is 22.4. The predicted octanol–water partition coefficient (Wildman–Crippen LogP) is 2.22. The Kier molecular flexibility index (Phi) is 2.94. The summed E-state index contributed by atoms with van der Waals surface area (Å²) in [6, 6.07) is 0. The number of aryl methyl sites for hydroxylation is 1. The van der Waals surface area contributed by atoms with E-state index in [1.54, 1.807) is 18.0 Å². The Morgan fingerprint density at radius 2 is 1.88 bits per heavy atom. The van der Waals surface area contributed by atoms with Crippen molar-refractivity contribution >= 4 is 0 Å². The Morgan fingerprint density at radius 1 is 1.29 bits per heavy atom. The molecule has 0 spiro atoms. The van der Waals surface area contributed by atoms with Gasteiger partial charge in [-0.3, -0.25) is 4.68 Å². The van der Waals surface area contributed by atoms with E-state index in [-0.39, 0.29) is 0 Å². The zero-order chi connectivity index (χ0) is 12.7. The third kappa shape index (κ3) is 2.18. The van der Waals surface area contributed by atoms with E-state index in [1.807, 2.05) is 7.05 Å². The number of hydrogen-bond donors (Lipinski definition) is 1. The van der Waals surface area contributed by atoms with Crippen LogP contribution in [0.25, 0.3) is 0 Å². The van der Waals surface area contributed by atoms with Crippen LogP contribution in [-0.2, 0) is 12.6 Å². The Balaban J connectivity index is 2.30. The molecule has 1 aliphatic rings. The second-order valence-electron chi connectivity index (χ2n) is 5.88. The summed E-state index contributed by atoms with van der Waals surface area (Å²) in [6.07, 6.45) is 5.27. The molecule has 1 heterocycles. The topological polar surface area (TPSA) is 47.3 Å². The Hall–Kier alpha value is -1.03. The van der Waals surface area contributed by atoms with Gasteiger partial charge in [0.15, 0.2) is 5.75 Å². The molecule has 1 aromatic heterocycles. The van der Waals surface area contributed by atoms with Gasteiger partial charge in [0.25, 0.3) is 0 Å².